The number of hydrogen-bond acceptors (Lipinski definition) is 4. The van der Waals surface area contributed by atoms with Crippen LogP contribution < -0.4 is 10.1 Å². The van der Waals surface area contributed by atoms with Crippen LogP contribution >= 0.6 is 0 Å². The van der Waals surface area contributed by atoms with Gasteiger partial charge in [0.05, 0.1) is 25.7 Å². The number of amides is 1. The molecule has 1 rings (SSSR count). The summed E-state index contributed by atoms with van der Waals surface area (Å²) >= 11 is 0. The molecule has 0 radical (unpaired) electrons. The molecule has 0 aromatic heterocycles. The third kappa shape index (κ3) is 4.62. The standard InChI is InChI=1S/C14H19NO4/c1-4-19-13(16)7-8-15-14(17)11-9-10(2)5-6-12(11)18-3/h5-6,9H,4,7-8H2,1-3H3,(H,15,17). The lowest BCUT2D eigenvalue weighted by Gasteiger charge is -2.10. The molecule has 0 saturated heterocycles. The highest BCUT2D eigenvalue weighted by Crippen LogP contribution is 2.19. The summed E-state index contributed by atoms with van der Waals surface area (Å²) in [6.07, 6.45) is 0.160. The van der Waals surface area contributed by atoms with Crippen LogP contribution in [0.25, 0.3) is 0 Å². The van der Waals surface area contributed by atoms with Gasteiger partial charge in [-0.3, -0.25) is 9.59 Å². The fourth-order valence-electron chi connectivity index (χ4n) is 1.61. The molecule has 0 heterocycles. The van der Waals surface area contributed by atoms with Crippen molar-refractivity contribution >= 4 is 11.9 Å². The molecule has 0 spiro atoms. The fraction of sp³-hybridized carbons (Fsp3) is 0.429. The molecule has 1 aromatic rings. The van der Waals surface area contributed by atoms with Crippen LogP contribution in [0.15, 0.2) is 18.2 Å². The van der Waals surface area contributed by atoms with Crippen molar-refractivity contribution in [2.45, 2.75) is 20.3 Å². The number of carbonyl (C=O) groups is 2. The van der Waals surface area contributed by atoms with E-state index in [1.165, 1.54) is 7.11 Å². The molecule has 0 bridgehead atoms. The smallest absolute Gasteiger partial charge is 0.307 e. The van der Waals surface area contributed by atoms with Crippen LogP contribution in [0.5, 0.6) is 5.75 Å². The first-order chi connectivity index (χ1) is 9.08. The van der Waals surface area contributed by atoms with Crippen molar-refractivity contribution in [2.75, 3.05) is 20.3 Å². The van der Waals surface area contributed by atoms with Crippen molar-refractivity contribution in [2.24, 2.45) is 0 Å². The predicted octanol–water partition coefficient (Wildman–Crippen LogP) is 1.69. The number of ether oxygens (including phenoxy) is 2. The summed E-state index contributed by atoms with van der Waals surface area (Å²) in [7, 11) is 1.51. The highest BCUT2D eigenvalue weighted by Gasteiger charge is 2.12. The fourth-order valence-corrected chi connectivity index (χ4v) is 1.61. The maximum absolute atomic E-state index is 12.0. The van der Waals surface area contributed by atoms with Crippen LogP contribution in [0.2, 0.25) is 0 Å². The number of aryl methyl sites for hydroxylation is 1. The van der Waals surface area contributed by atoms with Gasteiger partial charge < -0.3 is 14.8 Å². The molecule has 5 heteroatoms. The number of esters is 1. The molecule has 1 amide bonds. The second-order valence-corrected chi connectivity index (χ2v) is 4.01. The Morgan fingerprint density at radius 2 is 2.05 bits per heavy atom. The normalized spacial score (nSPS) is 9.84. The Morgan fingerprint density at radius 1 is 1.32 bits per heavy atom. The lowest BCUT2D eigenvalue weighted by Crippen LogP contribution is -2.27. The zero-order valence-corrected chi connectivity index (χ0v) is 11.5. The summed E-state index contributed by atoms with van der Waals surface area (Å²) in [5, 5.41) is 2.67. The monoisotopic (exact) mass is 265 g/mol. The van der Waals surface area contributed by atoms with Gasteiger partial charge in [-0.05, 0) is 26.0 Å². The average Bonchev–Trinajstić information content (AvgIpc) is 2.38. The maximum Gasteiger partial charge on any atom is 0.307 e. The highest BCUT2D eigenvalue weighted by molar-refractivity contribution is 5.97. The first-order valence-electron chi connectivity index (χ1n) is 6.17. The Kier molecular flexibility index (Phi) is 5.85. The molecule has 0 aliphatic rings. The zero-order valence-electron chi connectivity index (χ0n) is 11.5. The Morgan fingerprint density at radius 3 is 2.68 bits per heavy atom. The number of rotatable bonds is 6. The number of nitrogens with one attached hydrogen (secondary N) is 1. The quantitative estimate of drug-likeness (QED) is 0.795. The zero-order chi connectivity index (χ0) is 14.3. The summed E-state index contributed by atoms with van der Waals surface area (Å²) < 4.78 is 9.91. The van der Waals surface area contributed by atoms with Crippen molar-refractivity contribution in [3.05, 3.63) is 29.3 Å². The Hall–Kier alpha value is -2.04. The van der Waals surface area contributed by atoms with E-state index in [0.29, 0.717) is 17.9 Å². The van der Waals surface area contributed by atoms with E-state index in [-0.39, 0.29) is 24.8 Å². The van der Waals surface area contributed by atoms with Crippen molar-refractivity contribution in [3.8, 4) is 5.75 Å². The maximum atomic E-state index is 12.0. The summed E-state index contributed by atoms with van der Waals surface area (Å²) in [5.74, 6) is -0.0666. The van der Waals surface area contributed by atoms with E-state index in [9.17, 15) is 9.59 Å². The van der Waals surface area contributed by atoms with Gasteiger partial charge in [0.15, 0.2) is 0 Å². The topological polar surface area (TPSA) is 64.6 Å². The molecule has 1 aromatic carbocycles. The molecule has 0 aliphatic heterocycles. The van der Waals surface area contributed by atoms with Gasteiger partial charge in [-0.2, -0.15) is 0 Å². The van der Waals surface area contributed by atoms with Crippen LogP contribution in [-0.2, 0) is 9.53 Å². The summed E-state index contributed by atoms with van der Waals surface area (Å²) in [6.45, 7) is 4.23. The second-order valence-electron chi connectivity index (χ2n) is 4.01. The van der Waals surface area contributed by atoms with E-state index in [1.807, 2.05) is 13.0 Å². The largest absolute Gasteiger partial charge is 0.496 e. The number of hydrogen-bond donors (Lipinski definition) is 1. The van der Waals surface area contributed by atoms with Gasteiger partial charge in [0.2, 0.25) is 0 Å². The number of benzene rings is 1. The third-order valence-electron chi connectivity index (χ3n) is 2.52. The molecule has 0 aliphatic carbocycles. The Bertz CT molecular complexity index is 457. The molecule has 1 N–H and O–H groups in total. The first kappa shape index (κ1) is 15.0. The molecule has 0 atom stereocenters. The SMILES string of the molecule is CCOC(=O)CCNC(=O)c1cc(C)ccc1OC. The van der Waals surface area contributed by atoms with E-state index in [1.54, 1.807) is 19.1 Å². The second kappa shape index (κ2) is 7.41. The van der Waals surface area contributed by atoms with Gasteiger partial charge in [0.25, 0.3) is 5.91 Å². The van der Waals surface area contributed by atoms with Gasteiger partial charge in [0.1, 0.15) is 5.75 Å². The van der Waals surface area contributed by atoms with Gasteiger partial charge in [-0.1, -0.05) is 11.6 Å². The summed E-state index contributed by atoms with van der Waals surface area (Å²) in [6, 6.07) is 5.36. The van der Waals surface area contributed by atoms with Gasteiger partial charge in [-0.15, -0.1) is 0 Å². The Balaban J connectivity index is 2.58. The van der Waals surface area contributed by atoms with E-state index < -0.39 is 0 Å². The van der Waals surface area contributed by atoms with E-state index >= 15 is 0 Å². The van der Waals surface area contributed by atoms with Crippen LogP contribution in [0.4, 0.5) is 0 Å². The van der Waals surface area contributed by atoms with Gasteiger partial charge in [-0.25, -0.2) is 0 Å². The lowest BCUT2D eigenvalue weighted by molar-refractivity contribution is -0.142. The van der Waals surface area contributed by atoms with E-state index in [4.69, 9.17) is 9.47 Å². The van der Waals surface area contributed by atoms with Crippen LogP contribution in [0.1, 0.15) is 29.3 Å². The van der Waals surface area contributed by atoms with E-state index in [0.717, 1.165) is 5.56 Å². The van der Waals surface area contributed by atoms with Crippen molar-refractivity contribution in [1.29, 1.82) is 0 Å². The molecule has 0 unspecified atom stereocenters. The molecule has 5 nitrogen and oxygen atoms in total. The Labute approximate surface area is 112 Å². The summed E-state index contributed by atoms with van der Waals surface area (Å²) in [4.78, 5) is 23.1. The number of methoxy groups -OCH3 is 1. The minimum atomic E-state index is -0.320. The van der Waals surface area contributed by atoms with Crippen molar-refractivity contribution in [1.82, 2.24) is 5.32 Å². The van der Waals surface area contributed by atoms with E-state index in [2.05, 4.69) is 5.32 Å². The van der Waals surface area contributed by atoms with Crippen molar-refractivity contribution in [3.63, 3.8) is 0 Å². The lowest BCUT2D eigenvalue weighted by atomic mass is 10.1. The molecular formula is C14H19NO4. The average molecular weight is 265 g/mol. The first-order valence-corrected chi connectivity index (χ1v) is 6.17. The molecular weight excluding hydrogens is 246 g/mol. The molecule has 104 valence electrons. The summed E-state index contributed by atoms with van der Waals surface area (Å²) in [5.41, 5.74) is 1.43. The van der Waals surface area contributed by atoms with Gasteiger partial charge >= 0.3 is 5.97 Å². The molecule has 0 saturated carbocycles. The molecule has 0 fully saturated rings. The third-order valence-corrected chi connectivity index (χ3v) is 2.52. The van der Waals surface area contributed by atoms with Crippen LogP contribution in [0, 0.1) is 6.92 Å². The minimum Gasteiger partial charge on any atom is -0.496 e. The highest BCUT2D eigenvalue weighted by atomic mass is 16.5. The van der Waals surface area contributed by atoms with Crippen LogP contribution in [-0.4, -0.2) is 32.1 Å². The predicted molar refractivity (Wildman–Crippen MR) is 71.3 cm³/mol. The van der Waals surface area contributed by atoms with Gasteiger partial charge in [0, 0.05) is 6.54 Å². The van der Waals surface area contributed by atoms with Crippen molar-refractivity contribution < 1.29 is 19.1 Å². The minimum absolute atomic E-state index is 0.160. The number of carbonyl (C=O) groups excluding carboxylic acids is 2. The molecule has 19 heavy (non-hydrogen) atoms. The van der Waals surface area contributed by atoms with Crippen LogP contribution in [0.3, 0.4) is 0 Å².